The minimum absolute atomic E-state index is 0. The zero-order chi connectivity index (χ0) is 39.4. The molecule has 0 saturated carbocycles. The number of benzene rings is 1. The van der Waals surface area contributed by atoms with E-state index in [4.69, 9.17) is 9.47 Å². The molecule has 0 aromatic heterocycles. The molecule has 0 aliphatic heterocycles. The van der Waals surface area contributed by atoms with E-state index in [1.54, 1.807) is 0 Å². The van der Waals surface area contributed by atoms with E-state index >= 15 is 0 Å². The Morgan fingerprint density at radius 3 is 1.15 bits per heavy atom. The maximum atomic E-state index is 12.9. The number of hydrogen-bond acceptors (Lipinski definition) is 7. The normalized spacial score (nSPS) is 11.7. The van der Waals surface area contributed by atoms with Crippen LogP contribution in [0.4, 0.5) is 0 Å². The minimum atomic E-state index is -4.82. The first-order chi connectivity index (χ1) is 26.3. The van der Waals surface area contributed by atoms with E-state index in [0.29, 0.717) is 12.8 Å². The molecule has 1 rings (SSSR count). The average Bonchev–Trinajstić information content (AvgIpc) is 3.16. The largest absolute Gasteiger partial charge is 1.00 e. The third kappa shape index (κ3) is 31.8. The first-order valence-electron chi connectivity index (χ1n) is 22.0. The Balaban J connectivity index is 0.0000292. The first-order valence-corrected chi connectivity index (χ1v) is 23.5. The molecular weight excluding hydrogens is 736 g/mol. The molecule has 1 aromatic carbocycles. The SMILES string of the molecule is CCCCC/C=C/CCCCCCCCCCCCOC(=O)c1ccc(S(=O)(=O)[O-])cc1C(=O)OCCCCCCCCCCCC/C=C/CCCCC.[K+]. The van der Waals surface area contributed by atoms with Gasteiger partial charge in [-0.25, -0.2) is 18.0 Å². The van der Waals surface area contributed by atoms with Crippen molar-refractivity contribution in [1.29, 1.82) is 0 Å². The second-order valence-electron chi connectivity index (χ2n) is 15.0. The van der Waals surface area contributed by atoms with Crippen molar-refractivity contribution >= 4 is 22.1 Å². The van der Waals surface area contributed by atoms with Gasteiger partial charge >= 0.3 is 63.3 Å². The Kier molecular flexibility index (Phi) is 38.1. The molecule has 1 aromatic rings. The molecular formula is C46H77KO7S. The number of ether oxygens (including phenoxy) is 2. The zero-order valence-corrected chi connectivity index (χ0v) is 39.4. The van der Waals surface area contributed by atoms with Crippen molar-refractivity contribution in [2.24, 2.45) is 0 Å². The zero-order valence-electron chi connectivity index (χ0n) is 35.4. The van der Waals surface area contributed by atoms with Crippen molar-refractivity contribution in [3.63, 3.8) is 0 Å². The molecule has 0 amide bonds. The van der Waals surface area contributed by atoms with E-state index in [2.05, 4.69) is 38.2 Å². The van der Waals surface area contributed by atoms with Crippen molar-refractivity contribution < 1.29 is 83.4 Å². The molecule has 0 bridgehead atoms. The number of carbonyl (C=O) groups excluding carboxylic acids is 2. The summed E-state index contributed by atoms with van der Waals surface area (Å²) in [6, 6.07) is 3.14. The van der Waals surface area contributed by atoms with Crippen LogP contribution in [-0.4, -0.2) is 38.1 Å². The Morgan fingerprint density at radius 1 is 0.491 bits per heavy atom. The fraction of sp³-hybridized carbons (Fsp3) is 0.739. The fourth-order valence-corrected chi connectivity index (χ4v) is 7.06. The van der Waals surface area contributed by atoms with E-state index in [9.17, 15) is 22.6 Å². The van der Waals surface area contributed by atoms with Crippen LogP contribution in [0.2, 0.25) is 0 Å². The smallest absolute Gasteiger partial charge is 0.744 e. The van der Waals surface area contributed by atoms with Crippen LogP contribution in [0.1, 0.15) is 227 Å². The molecule has 0 saturated heterocycles. The number of allylic oxidation sites excluding steroid dienone is 4. The number of rotatable bonds is 37. The third-order valence-corrected chi connectivity index (χ3v) is 10.8. The molecule has 0 heterocycles. The van der Waals surface area contributed by atoms with Crippen molar-refractivity contribution in [1.82, 2.24) is 0 Å². The van der Waals surface area contributed by atoms with Gasteiger partial charge in [-0.1, -0.05) is 167 Å². The molecule has 0 unspecified atom stereocenters. The molecule has 310 valence electrons. The Bertz CT molecular complexity index is 1240. The van der Waals surface area contributed by atoms with Gasteiger partial charge in [0.1, 0.15) is 10.1 Å². The van der Waals surface area contributed by atoms with Gasteiger partial charge in [-0.2, -0.15) is 0 Å². The van der Waals surface area contributed by atoms with Gasteiger partial charge in [0.05, 0.1) is 29.2 Å². The second-order valence-corrected chi connectivity index (χ2v) is 16.4. The summed E-state index contributed by atoms with van der Waals surface area (Å²) in [5.74, 6) is -1.55. The maximum absolute atomic E-state index is 12.9. The van der Waals surface area contributed by atoms with E-state index < -0.39 is 27.0 Å². The van der Waals surface area contributed by atoms with Crippen LogP contribution in [0.15, 0.2) is 47.4 Å². The molecule has 55 heavy (non-hydrogen) atoms. The molecule has 0 N–H and O–H groups in total. The van der Waals surface area contributed by atoms with Crippen molar-refractivity contribution in [3.8, 4) is 0 Å². The van der Waals surface area contributed by atoms with Gasteiger partial charge in [0, 0.05) is 0 Å². The fourth-order valence-electron chi connectivity index (χ4n) is 6.56. The molecule has 9 heteroatoms. The number of esters is 2. The van der Waals surface area contributed by atoms with Crippen LogP contribution < -0.4 is 51.4 Å². The molecule has 0 fully saturated rings. The van der Waals surface area contributed by atoms with Gasteiger partial charge in [-0.3, -0.25) is 0 Å². The molecule has 0 aliphatic rings. The standard InChI is InChI=1S/C46H78O7S.K/c1-3-5-7-9-11-13-15-17-19-21-23-25-27-29-31-33-35-39-52-45(47)43-38-37-42(54(49,50)51)41-44(43)46(48)53-40-36-34-32-30-28-26-24-22-20-18-16-14-12-10-8-6-4-2;/h11-14,37-38,41H,3-10,15-36,39-40H2,1-2H3,(H,49,50,51);/q;+1/p-1/b13-11+,14-12+;. The van der Waals surface area contributed by atoms with E-state index in [-0.39, 0.29) is 75.7 Å². The van der Waals surface area contributed by atoms with Gasteiger partial charge in [0.25, 0.3) is 0 Å². The van der Waals surface area contributed by atoms with Gasteiger partial charge < -0.3 is 14.0 Å². The molecule has 0 atom stereocenters. The average molecular weight is 813 g/mol. The number of hydrogen-bond donors (Lipinski definition) is 0. The predicted molar refractivity (Wildman–Crippen MR) is 223 cm³/mol. The summed E-state index contributed by atoms with van der Waals surface area (Å²) in [5, 5.41) is 0. The maximum Gasteiger partial charge on any atom is 1.00 e. The van der Waals surface area contributed by atoms with E-state index in [1.807, 2.05) is 0 Å². The van der Waals surface area contributed by atoms with Crippen molar-refractivity contribution in [3.05, 3.63) is 53.6 Å². The summed E-state index contributed by atoms with van der Waals surface area (Å²) >= 11 is 0. The summed E-state index contributed by atoms with van der Waals surface area (Å²) in [6.07, 6.45) is 45.0. The van der Waals surface area contributed by atoms with E-state index in [0.717, 1.165) is 50.7 Å². The number of unbranched alkanes of at least 4 members (excludes halogenated alkanes) is 26. The molecule has 0 spiro atoms. The Hall–Kier alpha value is -0.814. The van der Waals surface area contributed by atoms with Crippen molar-refractivity contribution in [2.45, 2.75) is 211 Å². The molecule has 0 radical (unpaired) electrons. The van der Waals surface area contributed by atoms with Gasteiger partial charge in [0.2, 0.25) is 0 Å². The summed E-state index contributed by atoms with van der Waals surface area (Å²) in [4.78, 5) is 25.2. The summed E-state index contributed by atoms with van der Waals surface area (Å²) in [5.41, 5.74) is -0.340. The summed E-state index contributed by atoms with van der Waals surface area (Å²) in [7, 11) is -4.82. The van der Waals surface area contributed by atoms with Crippen LogP contribution in [0, 0.1) is 0 Å². The first kappa shape index (κ1) is 54.2. The van der Waals surface area contributed by atoms with Crippen LogP contribution >= 0.6 is 0 Å². The minimum Gasteiger partial charge on any atom is -0.744 e. The van der Waals surface area contributed by atoms with Gasteiger partial charge in [-0.05, 0) is 82.4 Å². The van der Waals surface area contributed by atoms with Crippen LogP contribution in [0.25, 0.3) is 0 Å². The van der Waals surface area contributed by atoms with Crippen LogP contribution in [0.3, 0.4) is 0 Å². The van der Waals surface area contributed by atoms with E-state index in [1.165, 1.54) is 147 Å². The summed E-state index contributed by atoms with van der Waals surface area (Å²) in [6.45, 7) is 4.84. The Labute approximate surface area is 380 Å². The van der Waals surface area contributed by atoms with Crippen LogP contribution in [0.5, 0.6) is 0 Å². The van der Waals surface area contributed by atoms with Crippen LogP contribution in [-0.2, 0) is 19.6 Å². The predicted octanol–water partition coefficient (Wildman–Crippen LogP) is 10.8. The topological polar surface area (TPSA) is 110 Å². The quantitative estimate of drug-likeness (QED) is 0.0216. The monoisotopic (exact) mass is 813 g/mol. The van der Waals surface area contributed by atoms with Crippen molar-refractivity contribution in [2.75, 3.05) is 13.2 Å². The second kappa shape index (κ2) is 38.7. The van der Waals surface area contributed by atoms with Gasteiger partial charge in [0.15, 0.2) is 0 Å². The molecule has 7 nitrogen and oxygen atoms in total. The Morgan fingerprint density at radius 2 is 0.800 bits per heavy atom. The summed E-state index contributed by atoms with van der Waals surface area (Å²) < 4.78 is 45.8. The van der Waals surface area contributed by atoms with Gasteiger partial charge in [-0.15, -0.1) is 0 Å². The number of carbonyl (C=O) groups is 2. The molecule has 0 aliphatic carbocycles. The third-order valence-electron chi connectivity index (χ3n) is 10.00.